The van der Waals surface area contributed by atoms with Crippen LogP contribution in [-0.2, 0) is 0 Å². The zero-order valence-electron chi connectivity index (χ0n) is 34.8. The molecule has 11 rings (SSSR count). The third kappa shape index (κ3) is 7.15. The average molecular weight is 818 g/mol. The predicted octanol–water partition coefficient (Wildman–Crippen LogP) is 15.9. The SMILES string of the molecule is [C-]#[N+]c1cc(-c2ccc(-c3ccc(-c4cc(-c5ccccc5)nc(-c5ccccc5)n4)cc3)cc2)ccc1-n1c2ccccc2c2cc(N(c3ccccc3)c3ccccc3)ccc21. The topological polar surface area (TPSA) is 38.3 Å². The van der Waals surface area contributed by atoms with Crippen molar-refractivity contribution in [1.82, 2.24) is 14.5 Å². The molecule has 0 atom stereocenters. The van der Waals surface area contributed by atoms with Crippen LogP contribution in [0.15, 0.2) is 237 Å². The predicted molar refractivity (Wildman–Crippen MR) is 264 cm³/mol. The van der Waals surface area contributed by atoms with Gasteiger partial charge in [-0.3, -0.25) is 0 Å². The van der Waals surface area contributed by atoms with E-state index in [1.54, 1.807) is 0 Å². The van der Waals surface area contributed by atoms with Crippen molar-refractivity contribution in [2.24, 2.45) is 0 Å². The number of aromatic nitrogens is 3. The highest BCUT2D eigenvalue weighted by Crippen LogP contribution is 2.42. The second-order valence-electron chi connectivity index (χ2n) is 15.7. The molecule has 0 saturated carbocycles. The molecule has 0 unspecified atom stereocenters. The molecule has 0 saturated heterocycles. The van der Waals surface area contributed by atoms with Gasteiger partial charge < -0.3 is 9.47 Å². The Morgan fingerprint density at radius 2 is 0.828 bits per heavy atom. The van der Waals surface area contributed by atoms with Crippen molar-refractivity contribution < 1.29 is 0 Å². The molecule has 300 valence electrons. The molecule has 0 spiro atoms. The summed E-state index contributed by atoms with van der Waals surface area (Å²) in [5.41, 5.74) is 15.9. The molecule has 2 heterocycles. The molecule has 0 radical (unpaired) electrons. The molecule has 5 heteroatoms. The minimum atomic E-state index is 0.592. The number of anilines is 3. The quantitative estimate of drug-likeness (QED) is 0.136. The van der Waals surface area contributed by atoms with Crippen molar-refractivity contribution >= 4 is 44.6 Å². The molecular weight excluding hydrogens is 779 g/mol. The highest BCUT2D eigenvalue weighted by atomic mass is 15.1. The van der Waals surface area contributed by atoms with E-state index in [9.17, 15) is 0 Å². The van der Waals surface area contributed by atoms with Gasteiger partial charge in [0.05, 0.1) is 34.7 Å². The summed E-state index contributed by atoms with van der Waals surface area (Å²) >= 11 is 0. The lowest BCUT2D eigenvalue weighted by Gasteiger charge is -2.25. The normalized spacial score (nSPS) is 11.1. The lowest BCUT2D eigenvalue weighted by Crippen LogP contribution is -2.09. The van der Waals surface area contributed by atoms with E-state index < -0.39 is 0 Å². The van der Waals surface area contributed by atoms with Crippen LogP contribution in [0, 0.1) is 6.57 Å². The Balaban J connectivity index is 0.902. The van der Waals surface area contributed by atoms with Gasteiger partial charge in [0.2, 0.25) is 5.69 Å². The fourth-order valence-electron chi connectivity index (χ4n) is 8.70. The molecule has 0 aliphatic carbocycles. The molecule has 0 aliphatic rings. The molecule has 0 N–H and O–H groups in total. The lowest BCUT2D eigenvalue weighted by atomic mass is 9.98. The Kier molecular flexibility index (Phi) is 9.85. The van der Waals surface area contributed by atoms with Crippen LogP contribution in [0.1, 0.15) is 0 Å². The van der Waals surface area contributed by atoms with Gasteiger partial charge in [0, 0.05) is 44.5 Å². The summed E-state index contributed by atoms with van der Waals surface area (Å²) in [4.78, 5) is 16.3. The van der Waals surface area contributed by atoms with Gasteiger partial charge >= 0.3 is 0 Å². The van der Waals surface area contributed by atoms with Gasteiger partial charge in [-0.25, -0.2) is 14.8 Å². The summed E-state index contributed by atoms with van der Waals surface area (Å²) in [7, 11) is 0. The lowest BCUT2D eigenvalue weighted by molar-refractivity contribution is 1.18. The van der Waals surface area contributed by atoms with E-state index in [1.807, 2.05) is 66.7 Å². The molecule has 0 amide bonds. The number of para-hydroxylation sites is 3. The van der Waals surface area contributed by atoms with Crippen LogP contribution in [0.5, 0.6) is 0 Å². The minimum Gasteiger partial charge on any atom is -0.319 e. The minimum absolute atomic E-state index is 0.592. The molecule has 0 fully saturated rings. The summed E-state index contributed by atoms with van der Waals surface area (Å²) in [5, 5.41) is 2.26. The fraction of sp³-hybridized carbons (Fsp3) is 0. The van der Waals surface area contributed by atoms with E-state index in [-0.39, 0.29) is 0 Å². The molecule has 9 aromatic carbocycles. The van der Waals surface area contributed by atoms with Crippen molar-refractivity contribution in [3.8, 4) is 61.8 Å². The largest absolute Gasteiger partial charge is 0.319 e. The second-order valence-corrected chi connectivity index (χ2v) is 15.7. The van der Waals surface area contributed by atoms with Crippen LogP contribution in [0.25, 0.3) is 88.5 Å². The maximum absolute atomic E-state index is 8.38. The van der Waals surface area contributed by atoms with Gasteiger partial charge in [0.1, 0.15) is 0 Å². The van der Waals surface area contributed by atoms with Gasteiger partial charge in [-0.1, -0.05) is 170 Å². The van der Waals surface area contributed by atoms with Crippen molar-refractivity contribution in [1.29, 1.82) is 0 Å². The Bertz CT molecular complexity index is 3370. The van der Waals surface area contributed by atoms with Gasteiger partial charge in [-0.15, -0.1) is 0 Å². The van der Waals surface area contributed by atoms with Crippen molar-refractivity contribution in [2.45, 2.75) is 0 Å². The van der Waals surface area contributed by atoms with Gasteiger partial charge in [-0.2, -0.15) is 0 Å². The van der Waals surface area contributed by atoms with Crippen LogP contribution in [0.2, 0.25) is 0 Å². The van der Waals surface area contributed by atoms with Crippen LogP contribution in [0.4, 0.5) is 22.7 Å². The summed E-state index contributed by atoms with van der Waals surface area (Å²) < 4.78 is 2.24. The molecule has 0 aliphatic heterocycles. The standard InChI is InChI=1S/C59H39N5/c1-60-55-38-47(34-36-58(55)64-56-25-15-14-24-51(56)52-39-50(35-37-57(52)64)63(48-20-10-4-11-21-48)49-22-12-5-13-23-49)43-28-26-41(27-29-43)42-30-32-45(33-31-42)54-40-53(44-16-6-2-7-17-44)61-59(62-54)46-18-8-3-9-19-46/h2-40H. The Hall–Kier alpha value is -8.85. The number of hydrogen-bond acceptors (Lipinski definition) is 3. The highest BCUT2D eigenvalue weighted by molar-refractivity contribution is 6.11. The summed E-state index contributed by atoms with van der Waals surface area (Å²) in [6, 6.07) is 81.9. The second kappa shape index (κ2) is 16.5. The first-order valence-corrected chi connectivity index (χ1v) is 21.3. The average Bonchev–Trinajstić information content (AvgIpc) is 3.71. The molecule has 2 aromatic heterocycles. The Morgan fingerprint density at radius 1 is 0.359 bits per heavy atom. The first-order chi connectivity index (χ1) is 31.7. The molecule has 64 heavy (non-hydrogen) atoms. The zero-order valence-corrected chi connectivity index (χ0v) is 34.8. The number of fused-ring (bicyclic) bond motifs is 3. The first kappa shape index (κ1) is 38.1. The van der Waals surface area contributed by atoms with Crippen molar-refractivity contribution in [2.75, 3.05) is 4.90 Å². The third-order valence-corrected chi connectivity index (χ3v) is 11.8. The highest BCUT2D eigenvalue weighted by Gasteiger charge is 2.19. The number of nitrogens with zero attached hydrogens (tertiary/aromatic N) is 5. The van der Waals surface area contributed by atoms with Gasteiger partial charge in [-0.05, 0) is 89.0 Å². The summed E-state index contributed by atoms with van der Waals surface area (Å²) in [6.45, 7) is 8.38. The van der Waals surface area contributed by atoms with E-state index in [4.69, 9.17) is 16.5 Å². The van der Waals surface area contributed by atoms with Crippen LogP contribution in [0.3, 0.4) is 0 Å². The molecule has 0 bridgehead atoms. The van der Waals surface area contributed by atoms with Crippen LogP contribution < -0.4 is 4.90 Å². The zero-order chi connectivity index (χ0) is 42.8. The smallest absolute Gasteiger partial charge is 0.211 e. The maximum atomic E-state index is 8.38. The van der Waals surface area contributed by atoms with Crippen molar-refractivity contribution in [3.63, 3.8) is 0 Å². The fourth-order valence-corrected chi connectivity index (χ4v) is 8.70. The summed E-state index contributed by atoms with van der Waals surface area (Å²) in [6.07, 6.45) is 0. The Morgan fingerprint density at radius 3 is 1.42 bits per heavy atom. The molecule has 11 aromatic rings. The Labute approximate surface area is 372 Å². The van der Waals surface area contributed by atoms with E-state index in [0.29, 0.717) is 11.5 Å². The monoisotopic (exact) mass is 817 g/mol. The molecule has 5 nitrogen and oxygen atoms in total. The van der Waals surface area contributed by atoms with E-state index in [1.165, 1.54) is 0 Å². The van der Waals surface area contributed by atoms with Gasteiger partial charge in [0.25, 0.3) is 0 Å². The van der Waals surface area contributed by atoms with Crippen LogP contribution >= 0.6 is 0 Å². The van der Waals surface area contributed by atoms with Crippen molar-refractivity contribution in [3.05, 3.63) is 248 Å². The number of benzene rings is 9. The number of hydrogen-bond donors (Lipinski definition) is 0. The van der Waals surface area contributed by atoms with E-state index >= 15 is 0 Å². The summed E-state index contributed by atoms with van der Waals surface area (Å²) in [5.74, 6) is 0.699. The van der Waals surface area contributed by atoms with Gasteiger partial charge in [0.15, 0.2) is 5.82 Å². The van der Waals surface area contributed by atoms with E-state index in [2.05, 4.69) is 184 Å². The third-order valence-electron chi connectivity index (χ3n) is 11.8. The van der Waals surface area contributed by atoms with Crippen LogP contribution in [-0.4, -0.2) is 14.5 Å². The molecular formula is C59H39N5. The number of rotatable bonds is 9. The maximum Gasteiger partial charge on any atom is 0.211 e. The first-order valence-electron chi connectivity index (χ1n) is 21.3. The van der Waals surface area contributed by atoms with E-state index in [0.717, 1.165) is 94.9 Å².